The van der Waals surface area contributed by atoms with E-state index in [4.69, 9.17) is 20.4 Å². The van der Waals surface area contributed by atoms with Crippen molar-refractivity contribution in [2.45, 2.75) is 70.5 Å². The van der Waals surface area contributed by atoms with Crippen LogP contribution in [0.2, 0.25) is 0 Å². The van der Waals surface area contributed by atoms with E-state index in [0.717, 1.165) is 19.3 Å². The van der Waals surface area contributed by atoms with Crippen LogP contribution in [0.15, 0.2) is 0 Å². The first-order chi connectivity index (χ1) is 9.31. The number of aliphatic hydroxyl groups is 4. The number of hydrogen-bond acceptors (Lipinski definition) is 5. The van der Waals surface area contributed by atoms with E-state index in [-0.39, 0.29) is 13.2 Å². The Labute approximate surface area is 121 Å². The highest BCUT2D eigenvalue weighted by Gasteiger charge is 2.28. The van der Waals surface area contributed by atoms with Crippen molar-refractivity contribution in [1.29, 1.82) is 0 Å². The molecule has 0 aromatic carbocycles. The highest BCUT2D eigenvalue weighted by Crippen LogP contribution is 2.15. The number of carboxylic acids is 1. The summed E-state index contributed by atoms with van der Waals surface area (Å²) in [6.07, 6.45) is 6.03. The Morgan fingerprint density at radius 2 is 1.50 bits per heavy atom. The minimum absolute atomic E-state index is 0.356. The monoisotopic (exact) mass is 294 g/mol. The van der Waals surface area contributed by atoms with E-state index < -0.39 is 17.7 Å². The molecule has 0 aromatic heterocycles. The molecule has 0 saturated carbocycles. The smallest absolute Gasteiger partial charge is 0.335 e. The summed E-state index contributed by atoms with van der Waals surface area (Å²) in [7, 11) is 0. The predicted octanol–water partition coefficient (Wildman–Crippen LogP) is 0.904. The molecule has 0 bridgehead atoms. The highest BCUT2D eigenvalue weighted by atomic mass is 16.4. The molecule has 0 spiro atoms. The van der Waals surface area contributed by atoms with Gasteiger partial charge in [0.25, 0.3) is 0 Å². The number of unbranched alkanes of at least 4 members (excludes halogenated alkanes) is 5. The summed E-state index contributed by atoms with van der Waals surface area (Å²) in [5.41, 5.74) is -1.54. The number of hydrogen-bond donors (Lipinski definition) is 5. The van der Waals surface area contributed by atoms with E-state index in [0.29, 0.717) is 6.42 Å². The van der Waals surface area contributed by atoms with Gasteiger partial charge in [-0.2, -0.15) is 0 Å². The zero-order chi connectivity index (χ0) is 16.0. The molecule has 0 saturated heterocycles. The fraction of sp³-hybridized carbons (Fsp3) is 0.929. The summed E-state index contributed by atoms with van der Waals surface area (Å²) in [4.78, 5) is 10.5. The van der Waals surface area contributed by atoms with E-state index in [2.05, 4.69) is 6.92 Å². The van der Waals surface area contributed by atoms with Crippen molar-refractivity contribution in [3.05, 3.63) is 0 Å². The standard InChI is InChI=1S/C11H22O3.C3H8O3/c1-3-4-5-6-7-8-9-11(2,14)10(12)13;4-1-3(6)2-5/h14H,3-9H2,1-2H3,(H,12,13);3-6H,1-2H2. The molecule has 0 aliphatic heterocycles. The summed E-state index contributed by atoms with van der Waals surface area (Å²) in [6.45, 7) is 2.80. The first-order valence-corrected chi connectivity index (χ1v) is 7.17. The second-order valence-electron chi connectivity index (χ2n) is 5.12. The third kappa shape index (κ3) is 13.7. The molecular formula is C14H30O6. The topological polar surface area (TPSA) is 118 Å². The molecule has 122 valence electrons. The summed E-state index contributed by atoms with van der Waals surface area (Å²) in [5.74, 6) is -1.12. The Balaban J connectivity index is 0. The second-order valence-corrected chi connectivity index (χ2v) is 5.12. The van der Waals surface area contributed by atoms with Gasteiger partial charge in [0.1, 0.15) is 6.10 Å². The van der Waals surface area contributed by atoms with E-state index in [1.165, 1.54) is 26.2 Å². The number of aliphatic carboxylic acids is 1. The van der Waals surface area contributed by atoms with Crippen molar-refractivity contribution in [3.63, 3.8) is 0 Å². The Morgan fingerprint density at radius 3 is 1.85 bits per heavy atom. The van der Waals surface area contributed by atoms with Gasteiger partial charge in [0.2, 0.25) is 0 Å². The fourth-order valence-electron chi connectivity index (χ4n) is 1.41. The average molecular weight is 294 g/mol. The zero-order valence-electron chi connectivity index (χ0n) is 12.6. The lowest BCUT2D eigenvalue weighted by atomic mass is 9.98. The van der Waals surface area contributed by atoms with Crippen LogP contribution in [-0.4, -0.2) is 56.4 Å². The Hall–Kier alpha value is -0.690. The second kappa shape index (κ2) is 13.3. The minimum Gasteiger partial charge on any atom is -0.479 e. The Kier molecular flexibility index (Phi) is 14.4. The summed E-state index contributed by atoms with van der Waals surface area (Å²) >= 11 is 0. The molecule has 5 N–H and O–H groups in total. The van der Waals surface area contributed by atoms with Crippen LogP contribution in [-0.2, 0) is 4.79 Å². The van der Waals surface area contributed by atoms with Gasteiger partial charge in [-0.1, -0.05) is 39.0 Å². The van der Waals surface area contributed by atoms with Crippen LogP contribution in [0.25, 0.3) is 0 Å². The van der Waals surface area contributed by atoms with Crippen molar-refractivity contribution in [2.75, 3.05) is 13.2 Å². The first kappa shape index (κ1) is 21.6. The van der Waals surface area contributed by atoms with E-state index in [9.17, 15) is 9.90 Å². The maximum atomic E-state index is 10.5. The molecule has 1 atom stereocenters. The summed E-state index contributed by atoms with van der Waals surface area (Å²) < 4.78 is 0. The van der Waals surface area contributed by atoms with Crippen molar-refractivity contribution < 1.29 is 30.3 Å². The molecule has 6 heteroatoms. The third-order valence-corrected chi connectivity index (χ3v) is 2.90. The molecule has 6 nitrogen and oxygen atoms in total. The van der Waals surface area contributed by atoms with Crippen LogP contribution < -0.4 is 0 Å². The lowest BCUT2D eigenvalue weighted by molar-refractivity contribution is -0.157. The first-order valence-electron chi connectivity index (χ1n) is 7.17. The minimum atomic E-state index is -1.54. The van der Waals surface area contributed by atoms with Crippen molar-refractivity contribution in [2.24, 2.45) is 0 Å². The maximum absolute atomic E-state index is 10.5. The van der Waals surface area contributed by atoms with Crippen molar-refractivity contribution in [1.82, 2.24) is 0 Å². The van der Waals surface area contributed by atoms with Gasteiger partial charge < -0.3 is 25.5 Å². The molecule has 0 aliphatic rings. The molecule has 0 amide bonds. The Bertz CT molecular complexity index is 226. The molecule has 1 unspecified atom stereocenters. The van der Waals surface area contributed by atoms with Crippen molar-refractivity contribution >= 4 is 5.97 Å². The van der Waals surface area contributed by atoms with Gasteiger partial charge >= 0.3 is 5.97 Å². The quantitative estimate of drug-likeness (QED) is 0.382. The van der Waals surface area contributed by atoms with Crippen LogP contribution in [0.5, 0.6) is 0 Å². The van der Waals surface area contributed by atoms with E-state index in [1.54, 1.807) is 0 Å². The van der Waals surface area contributed by atoms with Gasteiger partial charge in [0.05, 0.1) is 13.2 Å². The van der Waals surface area contributed by atoms with Crippen LogP contribution >= 0.6 is 0 Å². The molecular weight excluding hydrogens is 264 g/mol. The lowest BCUT2D eigenvalue weighted by Gasteiger charge is -2.17. The SMILES string of the molecule is CCCCCCCCC(C)(O)C(=O)O.OCC(O)CO. The van der Waals surface area contributed by atoms with Gasteiger partial charge in [-0.15, -0.1) is 0 Å². The Morgan fingerprint density at radius 1 is 1.05 bits per heavy atom. The van der Waals surface area contributed by atoms with Crippen LogP contribution in [0.1, 0.15) is 58.8 Å². The van der Waals surface area contributed by atoms with Gasteiger partial charge in [-0.25, -0.2) is 4.79 Å². The van der Waals surface area contributed by atoms with Crippen LogP contribution in [0, 0.1) is 0 Å². The van der Waals surface area contributed by atoms with Crippen LogP contribution in [0.3, 0.4) is 0 Å². The number of aliphatic hydroxyl groups excluding tert-OH is 3. The molecule has 0 aliphatic carbocycles. The molecule has 0 radical (unpaired) electrons. The number of rotatable bonds is 10. The molecule has 20 heavy (non-hydrogen) atoms. The lowest BCUT2D eigenvalue weighted by Crippen LogP contribution is -2.34. The molecule has 0 heterocycles. The number of carbonyl (C=O) groups is 1. The summed E-state index contributed by atoms with van der Waals surface area (Å²) in [6, 6.07) is 0. The largest absolute Gasteiger partial charge is 0.479 e. The third-order valence-electron chi connectivity index (χ3n) is 2.90. The molecule has 0 rings (SSSR count). The van der Waals surface area contributed by atoms with E-state index >= 15 is 0 Å². The van der Waals surface area contributed by atoms with Gasteiger partial charge in [0.15, 0.2) is 5.60 Å². The normalized spacial score (nSPS) is 13.6. The molecule has 0 fully saturated rings. The van der Waals surface area contributed by atoms with Gasteiger partial charge in [-0.3, -0.25) is 0 Å². The van der Waals surface area contributed by atoms with Gasteiger partial charge in [0, 0.05) is 0 Å². The zero-order valence-corrected chi connectivity index (χ0v) is 12.6. The van der Waals surface area contributed by atoms with Crippen LogP contribution in [0.4, 0.5) is 0 Å². The molecule has 0 aromatic rings. The van der Waals surface area contributed by atoms with Gasteiger partial charge in [-0.05, 0) is 19.8 Å². The highest BCUT2D eigenvalue weighted by molar-refractivity contribution is 5.76. The van der Waals surface area contributed by atoms with Crippen molar-refractivity contribution in [3.8, 4) is 0 Å². The summed E-state index contributed by atoms with van der Waals surface area (Å²) in [5, 5.41) is 42.0. The predicted molar refractivity (Wildman–Crippen MR) is 76.4 cm³/mol. The van der Waals surface area contributed by atoms with E-state index in [1.807, 2.05) is 0 Å². The average Bonchev–Trinajstić information content (AvgIpc) is 2.42. The fourth-order valence-corrected chi connectivity index (χ4v) is 1.41. The maximum Gasteiger partial charge on any atom is 0.335 e. The number of carboxylic acid groups (broad SMARTS) is 1.